The molecule has 3 rings (SSSR count). The van der Waals surface area contributed by atoms with E-state index in [1.165, 1.54) is 23.1 Å². The van der Waals surface area contributed by atoms with Crippen molar-refractivity contribution in [1.29, 1.82) is 0 Å². The van der Waals surface area contributed by atoms with Crippen molar-refractivity contribution in [1.82, 2.24) is 14.9 Å². The predicted octanol–water partition coefficient (Wildman–Crippen LogP) is 3.59. The lowest BCUT2D eigenvalue weighted by molar-refractivity contribution is -0.119. The highest BCUT2D eigenvalue weighted by Crippen LogP contribution is 2.24. The van der Waals surface area contributed by atoms with Gasteiger partial charge in [0.05, 0.1) is 34.7 Å². The Morgan fingerprint density at radius 3 is 2.72 bits per heavy atom. The third-order valence-electron chi connectivity index (χ3n) is 4.58. The minimum Gasteiger partial charge on any atom is -0.313 e. The van der Waals surface area contributed by atoms with Crippen LogP contribution in [0.5, 0.6) is 0 Å². The molecule has 0 fully saturated rings. The Hall–Kier alpha value is -2.77. The van der Waals surface area contributed by atoms with Crippen LogP contribution in [-0.4, -0.2) is 40.9 Å². The van der Waals surface area contributed by atoms with Crippen LogP contribution < -0.4 is 10.5 Å². The fourth-order valence-corrected chi connectivity index (χ4v) is 3.40. The van der Waals surface area contributed by atoms with Crippen LogP contribution in [0.15, 0.2) is 47.3 Å². The molecule has 0 saturated heterocycles. The van der Waals surface area contributed by atoms with Crippen molar-refractivity contribution >= 4 is 34.1 Å². The summed E-state index contributed by atoms with van der Waals surface area (Å²) in [5.41, 5.74) is 0.587. The Bertz CT molecular complexity index is 1090. The minimum absolute atomic E-state index is 0.125. The van der Waals surface area contributed by atoms with Crippen molar-refractivity contribution in [2.24, 2.45) is 0 Å². The van der Waals surface area contributed by atoms with E-state index in [1.54, 1.807) is 25.2 Å². The number of rotatable bonds is 7. The molecule has 1 aromatic heterocycles. The van der Waals surface area contributed by atoms with Gasteiger partial charge in [0.1, 0.15) is 11.6 Å². The first-order chi connectivity index (χ1) is 13.9. The molecule has 0 atom stereocenters. The third-order valence-corrected chi connectivity index (χ3v) is 4.90. The Kier molecular flexibility index (Phi) is 6.61. The quantitative estimate of drug-likeness (QED) is 0.639. The maximum atomic E-state index is 13.5. The maximum Gasteiger partial charge on any atom is 0.258 e. The lowest BCUT2D eigenvalue weighted by Crippen LogP contribution is -2.39. The van der Waals surface area contributed by atoms with Gasteiger partial charge < -0.3 is 9.88 Å². The van der Waals surface area contributed by atoms with Gasteiger partial charge in [-0.25, -0.2) is 9.37 Å². The first-order valence-electron chi connectivity index (χ1n) is 9.31. The van der Waals surface area contributed by atoms with Gasteiger partial charge in [-0.1, -0.05) is 30.7 Å². The van der Waals surface area contributed by atoms with Crippen molar-refractivity contribution in [3.63, 3.8) is 0 Å². The van der Waals surface area contributed by atoms with Gasteiger partial charge in [-0.2, -0.15) is 0 Å². The molecule has 1 heterocycles. The molecule has 29 heavy (non-hydrogen) atoms. The summed E-state index contributed by atoms with van der Waals surface area (Å²) < 4.78 is 13.5. The number of carbonyl (C=O) groups excluding carboxylic acids is 1. The number of nitrogens with zero attached hydrogens (tertiary/aromatic N) is 3. The number of fused-ring (bicyclic) bond motifs is 1. The number of carbonyl (C=O) groups is 1. The SMILES string of the molecule is CCCN(CC(=O)N(C)c1ccccc1Cl)Cc1nc2cc(F)ccc2c(=O)[nH]1. The Balaban J connectivity index is 1.80. The molecular weight excluding hydrogens is 395 g/mol. The maximum absolute atomic E-state index is 13.5. The topological polar surface area (TPSA) is 69.3 Å². The molecule has 0 aliphatic heterocycles. The van der Waals surface area contributed by atoms with Gasteiger partial charge in [0.15, 0.2) is 0 Å². The summed E-state index contributed by atoms with van der Waals surface area (Å²) in [4.78, 5) is 35.5. The fraction of sp³-hybridized carbons (Fsp3) is 0.286. The van der Waals surface area contributed by atoms with Crippen molar-refractivity contribution in [2.75, 3.05) is 25.0 Å². The van der Waals surface area contributed by atoms with Gasteiger partial charge >= 0.3 is 0 Å². The van der Waals surface area contributed by atoms with Crippen molar-refractivity contribution in [3.05, 3.63) is 69.5 Å². The normalized spacial score (nSPS) is 11.2. The lowest BCUT2D eigenvalue weighted by atomic mass is 10.2. The monoisotopic (exact) mass is 416 g/mol. The Labute approximate surface area is 172 Å². The third kappa shape index (κ3) is 4.99. The van der Waals surface area contributed by atoms with Crippen molar-refractivity contribution in [2.45, 2.75) is 19.9 Å². The van der Waals surface area contributed by atoms with Crippen LogP contribution in [-0.2, 0) is 11.3 Å². The zero-order valence-electron chi connectivity index (χ0n) is 16.3. The number of H-pyrrole nitrogens is 1. The summed E-state index contributed by atoms with van der Waals surface area (Å²) in [7, 11) is 1.67. The number of amides is 1. The molecule has 0 unspecified atom stereocenters. The molecule has 0 bridgehead atoms. The number of benzene rings is 2. The van der Waals surface area contributed by atoms with Crippen molar-refractivity contribution in [3.8, 4) is 0 Å². The molecule has 1 amide bonds. The molecule has 152 valence electrons. The highest BCUT2D eigenvalue weighted by Gasteiger charge is 2.18. The predicted molar refractivity (Wildman–Crippen MR) is 113 cm³/mol. The molecule has 0 aliphatic carbocycles. The fourth-order valence-electron chi connectivity index (χ4n) is 3.13. The van der Waals surface area contributed by atoms with Crippen molar-refractivity contribution < 1.29 is 9.18 Å². The van der Waals surface area contributed by atoms with Gasteiger partial charge in [0.25, 0.3) is 5.56 Å². The number of halogens is 2. The van der Waals surface area contributed by atoms with E-state index in [1.807, 2.05) is 17.9 Å². The van der Waals surface area contributed by atoms with Crippen LogP contribution in [0.1, 0.15) is 19.2 Å². The number of aromatic amines is 1. The minimum atomic E-state index is -0.455. The highest BCUT2D eigenvalue weighted by molar-refractivity contribution is 6.33. The van der Waals surface area contributed by atoms with Gasteiger partial charge in [0.2, 0.25) is 5.91 Å². The largest absolute Gasteiger partial charge is 0.313 e. The first kappa shape index (κ1) is 21.0. The van der Waals surface area contributed by atoms with E-state index in [0.717, 1.165) is 6.42 Å². The van der Waals surface area contributed by atoms with E-state index >= 15 is 0 Å². The summed E-state index contributed by atoms with van der Waals surface area (Å²) in [5, 5.41) is 0.819. The average Bonchev–Trinajstić information content (AvgIpc) is 2.67. The molecule has 0 saturated carbocycles. The molecule has 3 aromatic rings. The van der Waals surface area contributed by atoms with Gasteiger partial charge in [-0.3, -0.25) is 14.5 Å². The average molecular weight is 417 g/mol. The van der Waals surface area contributed by atoms with E-state index in [2.05, 4.69) is 9.97 Å². The molecule has 8 heteroatoms. The van der Waals surface area contributed by atoms with Crippen LogP contribution in [0.4, 0.5) is 10.1 Å². The van der Waals surface area contributed by atoms with Crippen LogP contribution in [0, 0.1) is 5.82 Å². The zero-order valence-corrected chi connectivity index (χ0v) is 17.0. The molecule has 0 aliphatic rings. The van der Waals surface area contributed by atoms with Gasteiger partial charge in [-0.05, 0) is 37.2 Å². The number of nitrogens with one attached hydrogen (secondary N) is 1. The summed E-state index contributed by atoms with van der Waals surface area (Å²) in [5.74, 6) is -0.209. The van der Waals surface area contributed by atoms with E-state index in [9.17, 15) is 14.0 Å². The number of likely N-dealkylation sites (N-methyl/N-ethyl adjacent to an activating group) is 1. The highest BCUT2D eigenvalue weighted by atomic mass is 35.5. The van der Waals surface area contributed by atoms with E-state index in [-0.39, 0.29) is 24.6 Å². The number of hydrogen-bond donors (Lipinski definition) is 1. The standard InChI is InChI=1S/C21H22ClFN4O2/c1-3-10-27(13-20(28)26(2)18-7-5-4-6-16(18)22)12-19-24-17-11-14(23)8-9-15(17)21(29)25-19/h4-9,11H,3,10,12-13H2,1-2H3,(H,24,25,29). The number of hydrogen-bond acceptors (Lipinski definition) is 4. The van der Waals surface area contributed by atoms with Crippen LogP contribution in [0.25, 0.3) is 10.9 Å². The number of para-hydroxylation sites is 1. The number of aromatic nitrogens is 2. The van der Waals surface area contributed by atoms with Gasteiger partial charge in [0, 0.05) is 13.1 Å². The molecule has 1 N–H and O–H groups in total. The summed E-state index contributed by atoms with van der Waals surface area (Å²) in [6.45, 7) is 3.02. The van der Waals surface area contributed by atoms with Crippen LogP contribution in [0.3, 0.4) is 0 Å². The van der Waals surface area contributed by atoms with E-state index in [4.69, 9.17) is 11.6 Å². The second-order valence-electron chi connectivity index (χ2n) is 6.79. The summed E-state index contributed by atoms with van der Waals surface area (Å²) in [6, 6.07) is 11.0. The second-order valence-corrected chi connectivity index (χ2v) is 7.20. The molecule has 0 spiro atoms. The lowest BCUT2D eigenvalue weighted by Gasteiger charge is -2.25. The second kappa shape index (κ2) is 9.15. The Morgan fingerprint density at radius 1 is 1.24 bits per heavy atom. The van der Waals surface area contributed by atoms with Crippen LogP contribution >= 0.6 is 11.6 Å². The zero-order chi connectivity index (χ0) is 21.0. The number of anilines is 1. The van der Waals surface area contributed by atoms with E-state index < -0.39 is 5.82 Å². The molecular formula is C21H22ClFN4O2. The van der Waals surface area contributed by atoms with E-state index in [0.29, 0.717) is 34.0 Å². The van der Waals surface area contributed by atoms with Gasteiger partial charge in [-0.15, -0.1) is 0 Å². The summed E-state index contributed by atoms with van der Waals surface area (Å²) >= 11 is 6.19. The molecule has 6 nitrogen and oxygen atoms in total. The molecule has 2 aromatic carbocycles. The molecule has 0 radical (unpaired) electrons. The first-order valence-corrected chi connectivity index (χ1v) is 9.68. The summed E-state index contributed by atoms with van der Waals surface area (Å²) in [6.07, 6.45) is 0.815. The smallest absolute Gasteiger partial charge is 0.258 e. The Morgan fingerprint density at radius 2 is 2.00 bits per heavy atom. The van der Waals surface area contributed by atoms with Crippen LogP contribution in [0.2, 0.25) is 5.02 Å².